The summed E-state index contributed by atoms with van der Waals surface area (Å²) in [4.78, 5) is 0. The van der Waals surface area contributed by atoms with Crippen LogP contribution in [0.3, 0.4) is 0 Å². The highest BCUT2D eigenvalue weighted by molar-refractivity contribution is 6.34. The van der Waals surface area contributed by atoms with Gasteiger partial charge in [-0.3, -0.25) is 0 Å². The van der Waals surface area contributed by atoms with Crippen molar-refractivity contribution >= 4 is 46.4 Å². The van der Waals surface area contributed by atoms with Gasteiger partial charge in [0.1, 0.15) is 17.1 Å². The van der Waals surface area contributed by atoms with E-state index < -0.39 is 5.60 Å². The number of halogens is 4. The number of hydrogen-bond acceptors (Lipinski definition) is 3. The molecule has 0 saturated heterocycles. The zero-order valence-electron chi connectivity index (χ0n) is 21.6. The van der Waals surface area contributed by atoms with Gasteiger partial charge in [0.25, 0.3) is 0 Å². The maximum Gasteiger partial charge on any atom is 0.119 e. The van der Waals surface area contributed by atoms with E-state index in [0.717, 1.165) is 57.5 Å². The molecule has 39 heavy (non-hydrogen) atoms. The van der Waals surface area contributed by atoms with Crippen LogP contribution >= 0.6 is 46.4 Å². The van der Waals surface area contributed by atoms with Crippen LogP contribution in [0.4, 0.5) is 0 Å². The first kappa shape index (κ1) is 28.1. The third-order valence-electron chi connectivity index (χ3n) is 7.66. The molecule has 0 heterocycles. The number of ether oxygens (including phenoxy) is 2. The minimum Gasteiger partial charge on any atom is -0.497 e. The Hall–Kier alpha value is -2.40. The molecular weight excluding hydrogens is 574 g/mol. The lowest BCUT2D eigenvalue weighted by atomic mass is 9.88. The van der Waals surface area contributed by atoms with Gasteiger partial charge in [0.05, 0.1) is 14.2 Å². The Morgan fingerprint density at radius 2 is 1.31 bits per heavy atom. The smallest absolute Gasteiger partial charge is 0.119 e. The summed E-state index contributed by atoms with van der Waals surface area (Å²) in [5.74, 6) is 1.93. The number of fused-ring (bicyclic) bond motifs is 2. The highest BCUT2D eigenvalue weighted by Crippen LogP contribution is 2.46. The van der Waals surface area contributed by atoms with Crippen LogP contribution in [0, 0.1) is 0 Å². The lowest BCUT2D eigenvalue weighted by molar-refractivity contribution is 0.0828. The summed E-state index contributed by atoms with van der Waals surface area (Å²) in [7, 11) is 3.31. The summed E-state index contributed by atoms with van der Waals surface area (Å²) in [5, 5.41) is 13.7. The average molecular weight is 602 g/mol. The molecule has 0 radical (unpaired) electrons. The van der Waals surface area contributed by atoms with Gasteiger partial charge in [0, 0.05) is 31.6 Å². The van der Waals surface area contributed by atoms with Crippen LogP contribution in [0.5, 0.6) is 11.5 Å². The molecule has 0 spiro atoms. The second kappa shape index (κ2) is 11.6. The van der Waals surface area contributed by atoms with Crippen molar-refractivity contribution in [3.8, 4) is 11.5 Å². The van der Waals surface area contributed by atoms with Crippen molar-refractivity contribution in [3.05, 3.63) is 126 Å². The molecule has 0 aromatic heterocycles. The average Bonchev–Trinajstić information content (AvgIpc) is 3.52. The van der Waals surface area contributed by atoms with Crippen LogP contribution < -0.4 is 9.47 Å². The van der Waals surface area contributed by atoms with Crippen LogP contribution in [-0.2, 0) is 18.4 Å². The Morgan fingerprint density at radius 3 is 2.03 bits per heavy atom. The third kappa shape index (κ3) is 5.62. The van der Waals surface area contributed by atoms with Gasteiger partial charge >= 0.3 is 0 Å². The summed E-state index contributed by atoms with van der Waals surface area (Å²) in [5.41, 5.74) is 5.31. The molecule has 2 aliphatic rings. The van der Waals surface area contributed by atoms with Gasteiger partial charge in [-0.05, 0) is 114 Å². The van der Waals surface area contributed by atoms with Crippen LogP contribution in [0.1, 0.15) is 52.1 Å². The lowest BCUT2D eigenvalue weighted by Gasteiger charge is -2.26. The van der Waals surface area contributed by atoms with E-state index in [-0.39, 0.29) is 0 Å². The molecule has 4 aromatic rings. The van der Waals surface area contributed by atoms with Crippen LogP contribution in [0.25, 0.3) is 0 Å². The van der Waals surface area contributed by atoms with E-state index in [2.05, 4.69) is 12.1 Å². The van der Waals surface area contributed by atoms with Crippen molar-refractivity contribution in [2.24, 2.45) is 0 Å². The number of aryl methyl sites for hydroxylation is 2. The topological polar surface area (TPSA) is 38.7 Å². The minimum absolute atomic E-state index is 0.316. The highest BCUT2D eigenvalue weighted by atomic mass is 35.5. The number of aliphatic hydroxyl groups is 1. The van der Waals surface area contributed by atoms with Crippen molar-refractivity contribution in [3.63, 3.8) is 0 Å². The molecule has 6 rings (SSSR count). The fourth-order valence-electron chi connectivity index (χ4n) is 5.64. The molecule has 1 N–H and O–H groups in total. The molecule has 0 saturated carbocycles. The molecule has 2 unspecified atom stereocenters. The Morgan fingerprint density at radius 1 is 0.667 bits per heavy atom. The van der Waals surface area contributed by atoms with Gasteiger partial charge in [0.2, 0.25) is 0 Å². The Balaban J connectivity index is 0.000000158. The van der Waals surface area contributed by atoms with Gasteiger partial charge in [-0.15, -0.1) is 0 Å². The molecule has 0 bridgehead atoms. The van der Waals surface area contributed by atoms with E-state index in [4.69, 9.17) is 55.9 Å². The minimum atomic E-state index is -1.11. The molecule has 0 aliphatic heterocycles. The molecule has 4 aromatic carbocycles. The molecular formula is C32H28Cl4O3. The van der Waals surface area contributed by atoms with E-state index in [1.165, 1.54) is 11.1 Å². The number of rotatable bonds is 4. The second-order valence-corrected chi connectivity index (χ2v) is 11.5. The van der Waals surface area contributed by atoms with E-state index in [9.17, 15) is 5.11 Å². The van der Waals surface area contributed by atoms with E-state index in [1.807, 2.05) is 42.5 Å². The first-order chi connectivity index (χ1) is 18.7. The largest absolute Gasteiger partial charge is 0.497 e. The van der Waals surface area contributed by atoms with Crippen molar-refractivity contribution in [2.45, 2.75) is 37.2 Å². The maximum absolute atomic E-state index is 11.1. The van der Waals surface area contributed by atoms with Crippen molar-refractivity contribution in [1.29, 1.82) is 0 Å². The molecule has 3 nitrogen and oxygen atoms in total. The fourth-order valence-corrected chi connectivity index (χ4v) is 6.52. The predicted octanol–water partition coefficient (Wildman–Crippen LogP) is 9.26. The first-order valence-corrected chi connectivity index (χ1v) is 14.2. The predicted molar refractivity (Wildman–Crippen MR) is 160 cm³/mol. The number of benzene rings is 4. The van der Waals surface area contributed by atoms with Gasteiger partial charge < -0.3 is 14.6 Å². The van der Waals surface area contributed by atoms with Crippen molar-refractivity contribution < 1.29 is 14.6 Å². The fraction of sp³-hybridized carbons (Fsp3) is 0.250. The summed E-state index contributed by atoms with van der Waals surface area (Å²) in [6.45, 7) is 0. The second-order valence-electron chi connectivity index (χ2n) is 9.83. The van der Waals surface area contributed by atoms with E-state index in [0.29, 0.717) is 27.9 Å². The SMILES string of the molecule is COc1ccc2c(c1)C(O)(c1cc(Cl)ccc1Cl)CC2.COc1ccc2c(c1)C(c1cc(Cl)ccc1Cl)CC2. The van der Waals surface area contributed by atoms with E-state index in [1.54, 1.807) is 32.4 Å². The van der Waals surface area contributed by atoms with Gasteiger partial charge in [-0.1, -0.05) is 58.5 Å². The number of methoxy groups -OCH3 is 2. The molecule has 0 fully saturated rings. The summed E-state index contributed by atoms with van der Waals surface area (Å²) in [6.07, 6.45) is 3.55. The zero-order chi connectivity index (χ0) is 27.7. The van der Waals surface area contributed by atoms with Crippen LogP contribution in [0.2, 0.25) is 20.1 Å². The molecule has 7 heteroatoms. The van der Waals surface area contributed by atoms with Crippen molar-refractivity contribution in [2.75, 3.05) is 14.2 Å². The summed E-state index contributed by atoms with van der Waals surface area (Å²) >= 11 is 24.7. The quantitative estimate of drug-likeness (QED) is 0.253. The van der Waals surface area contributed by atoms with E-state index >= 15 is 0 Å². The maximum atomic E-state index is 11.1. The highest BCUT2D eigenvalue weighted by Gasteiger charge is 2.40. The third-order valence-corrected chi connectivity index (χ3v) is 8.80. The summed E-state index contributed by atoms with van der Waals surface area (Å²) in [6, 6.07) is 22.9. The number of hydrogen-bond donors (Lipinski definition) is 1. The van der Waals surface area contributed by atoms with Crippen molar-refractivity contribution in [1.82, 2.24) is 0 Å². The normalized spacial score (nSPS) is 19.1. The lowest BCUT2D eigenvalue weighted by Crippen LogP contribution is -2.24. The Bertz CT molecular complexity index is 1520. The first-order valence-electron chi connectivity index (χ1n) is 12.7. The summed E-state index contributed by atoms with van der Waals surface area (Å²) < 4.78 is 10.6. The molecule has 202 valence electrons. The van der Waals surface area contributed by atoms with Crippen LogP contribution in [0.15, 0.2) is 72.8 Å². The standard InChI is InChI=1S/C16H14Cl2O2.C16H14Cl2O/c1-20-12-4-2-10-6-7-16(19,13(10)9-12)14-8-11(17)3-5-15(14)18;1-19-12-5-2-10-3-6-13(14(10)9-12)15-8-11(17)4-7-16(15)18/h2-5,8-9,19H,6-7H2,1H3;2,4-5,7-9,13H,3,6H2,1H3. The Kier molecular flexibility index (Phi) is 8.37. The molecule has 0 amide bonds. The van der Waals surface area contributed by atoms with Gasteiger partial charge in [0.15, 0.2) is 0 Å². The Labute approximate surface area is 249 Å². The van der Waals surface area contributed by atoms with Crippen LogP contribution in [-0.4, -0.2) is 19.3 Å². The molecule has 2 atom stereocenters. The van der Waals surface area contributed by atoms with Gasteiger partial charge in [-0.25, -0.2) is 0 Å². The van der Waals surface area contributed by atoms with Gasteiger partial charge in [-0.2, -0.15) is 0 Å². The monoisotopic (exact) mass is 600 g/mol. The molecule has 2 aliphatic carbocycles. The zero-order valence-corrected chi connectivity index (χ0v) is 24.6.